The number of hydrogen-bond donors (Lipinski definition) is 2. The van der Waals surface area contributed by atoms with E-state index in [2.05, 4.69) is 10.6 Å². The number of ketones is 2. The van der Waals surface area contributed by atoms with Crippen LogP contribution in [0, 0.1) is 11.8 Å². The van der Waals surface area contributed by atoms with Crippen LogP contribution in [0.2, 0.25) is 0 Å². The number of ether oxygens (including phenoxy) is 2. The number of alkyl carbamates (subject to hydrolysis) is 1. The summed E-state index contributed by atoms with van der Waals surface area (Å²) in [4.78, 5) is 58.5. The number of aldehydes is 1. The van der Waals surface area contributed by atoms with E-state index in [-0.39, 0.29) is 49.6 Å². The molecule has 2 rings (SSSR count). The van der Waals surface area contributed by atoms with Gasteiger partial charge in [-0.1, -0.05) is 44.0 Å². The summed E-state index contributed by atoms with van der Waals surface area (Å²) in [6.45, 7) is 3.11. The third-order valence-corrected chi connectivity index (χ3v) is 6.32. The predicted molar refractivity (Wildman–Crippen MR) is 138 cm³/mol. The molecule has 0 aliphatic heterocycles. The van der Waals surface area contributed by atoms with Crippen molar-refractivity contribution in [3.05, 3.63) is 35.4 Å². The Morgan fingerprint density at radius 3 is 2.51 bits per heavy atom. The Kier molecular flexibility index (Phi) is 14.2. The largest absolute Gasteiger partial charge is 0.449 e. The van der Waals surface area contributed by atoms with E-state index in [0.29, 0.717) is 32.4 Å². The minimum absolute atomic E-state index is 0.00830. The van der Waals surface area contributed by atoms with Gasteiger partial charge in [-0.15, -0.1) is 0 Å². The highest BCUT2D eigenvalue weighted by atomic mass is 16.5. The summed E-state index contributed by atoms with van der Waals surface area (Å²) < 4.78 is 10.4. The molecule has 1 aromatic carbocycles. The first kappa shape index (κ1) is 30.2. The lowest BCUT2D eigenvalue weighted by molar-refractivity contribution is -0.134. The molecule has 1 saturated carbocycles. The first-order valence-corrected chi connectivity index (χ1v) is 13.2. The van der Waals surface area contributed by atoms with Crippen molar-refractivity contribution in [1.82, 2.24) is 10.6 Å². The third kappa shape index (κ3) is 12.6. The molecule has 2 amide bonds. The van der Waals surface area contributed by atoms with E-state index in [1.165, 1.54) is 0 Å². The summed E-state index contributed by atoms with van der Waals surface area (Å²) in [5.74, 6) is -0.594. The molecule has 2 atom stereocenters. The number of benzene rings is 1. The van der Waals surface area contributed by atoms with Crippen molar-refractivity contribution in [1.29, 1.82) is 0 Å². The molecule has 0 heterocycles. The quantitative estimate of drug-likeness (QED) is 0.185. The smallest absolute Gasteiger partial charge is 0.407 e. The highest BCUT2D eigenvalue weighted by molar-refractivity contribution is 6.03. The Morgan fingerprint density at radius 2 is 1.78 bits per heavy atom. The lowest BCUT2D eigenvalue weighted by atomic mass is 9.83. The van der Waals surface area contributed by atoms with Crippen LogP contribution >= 0.6 is 0 Å². The van der Waals surface area contributed by atoms with E-state index in [0.717, 1.165) is 49.5 Å². The van der Waals surface area contributed by atoms with Crippen molar-refractivity contribution in [2.75, 3.05) is 26.4 Å². The monoisotopic (exact) mass is 516 g/mol. The van der Waals surface area contributed by atoms with Crippen LogP contribution in [-0.4, -0.2) is 56.2 Å². The molecule has 1 aliphatic carbocycles. The normalized spacial score (nSPS) is 16.0. The Morgan fingerprint density at radius 1 is 1.03 bits per heavy atom. The Hall–Kier alpha value is -3.07. The number of Topliss-reactive ketones (excluding diaryl/α,β-unsaturated/α-hetero) is 2. The van der Waals surface area contributed by atoms with Gasteiger partial charge in [-0.3, -0.25) is 14.4 Å². The zero-order valence-electron chi connectivity index (χ0n) is 21.8. The van der Waals surface area contributed by atoms with Gasteiger partial charge in [0.2, 0.25) is 5.91 Å². The van der Waals surface area contributed by atoms with E-state index >= 15 is 0 Å². The van der Waals surface area contributed by atoms with Crippen LogP contribution in [0.15, 0.2) is 24.3 Å². The summed E-state index contributed by atoms with van der Waals surface area (Å²) in [7, 11) is 0. The van der Waals surface area contributed by atoms with Crippen molar-refractivity contribution in [2.24, 2.45) is 11.8 Å². The van der Waals surface area contributed by atoms with Gasteiger partial charge in [-0.25, -0.2) is 4.79 Å². The van der Waals surface area contributed by atoms with E-state index < -0.39 is 12.0 Å². The number of carbonyl (C=O) groups excluding carboxylic acids is 5. The second kappa shape index (κ2) is 17.4. The Bertz CT molecular complexity index is 885. The molecule has 37 heavy (non-hydrogen) atoms. The predicted octanol–water partition coefficient (Wildman–Crippen LogP) is 3.31. The molecule has 204 valence electrons. The molecule has 0 aromatic heterocycles. The summed E-state index contributed by atoms with van der Waals surface area (Å²) in [5, 5.41) is 5.44. The van der Waals surface area contributed by atoms with Crippen LogP contribution in [0.4, 0.5) is 4.79 Å². The summed E-state index contributed by atoms with van der Waals surface area (Å²) in [6, 6.07) is 7.43. The topological polar surface area (TPSA) is 128 Å². The van der Waals surface area contributed by atoms with Gasteiger partial charge >= 0.3 is 6.09 Å². The number of hydrogen-bond acceptors (Lipinski definition) is 7. The third-order valence-electron chi connectivity index (χ3n) is 6.32. The molecule has 9 heteroatoms. The number of amides is 2. The zero-order valence-corrected chi connectivity index (χ0v) is 21.8. The van der Waals surface area contributed by atoms with E-state index in [1.54, 1.807) is 0 Å². The summed E-state index contributed by atoms with van der Waals surface area (Å²) >= 11 is 0. The van der Waals surface area contributed by atoms with Gasteiger partial charge in [-0.05, 0) is 36.8 Å². The maximum atomic E-state index is 12.4. The summed E-state index contributed by atoms with van der Waals surface area (Å²) in [6.07, 6.45) is 6.63. The fourth-order valence-corrected chi connectivity index (χ4v) is 4.07. The number of unbranched alkanes of at least 4 members (excludes halogenated alkanes) is 1. The highest BCUT2D eigenvalue weighted by Crippen LogP contribution is 2.22. The highest BCUT2D eigenvalue weighted by Gasteiger charge is 2.28. The van der Waals surface area contributed by atoms with Gasteiger partial charge in [0.1, 0.15) is 24.5 Å². The standard InChI is InChI=1S/C28H40N2O7/c1-21(19-31)7-4-5-14-29-28(35)37-16-6-15-36-20-27(34)30-18-23-12-10-22(11-13-23)17-26(33)24-8-2-3-9-25(24)32/h10-13,19,21,24H,2-9,14-18,20H2,1H3,(H,29,35)(H,30,34). The van der Waals surface area contributed by atoms with E-state index in [1.807, 2.05) is 31.2 Å². The molecule has 0 saturated heterocycles. The van der Waals surface area contributed by atoms with Gasteiger partial charge < -0.3 is 24.9 Å². The van der Waals surface area contributed by atoms with E-state index in [9.17, 15) is 24.0 Å². The second-order valence-electron chi connectivity index (χ2n) is 9.58. The Labute approximate surface area is 219 Å². The van der Waals surface area contributed by atoms with Crippen molar-refractivity contribution >= 4 is 29.9 Å². The van der Waals surface area contributed by atoms with Crippen LogP contribution in [0.5, 0.6) is 0 Å². The lowest BCUT2D eigenvalue weighted by Gasteiger charge is -2.19. The first-order chi connectivity index (χ1) is 17.9. The second-order valence-corrected chi connectivity index (χ2v) is 9.58. The number of nitrogens with one attached hydrogen (secondary N) is 2. The zero-order chi connectivity index (χ0) is 26.9. The minimum Gasteiger partial charge on any atom is -0.449 e. The fraction of sp³-hybridized carbons (Fsp3) is 0.607. The Balaban J connectivity index is 1.49. The van der Waals surface area contributed by atoms with Crippen LogP contribution in [0.25, 0.3) is 0 Å². The van der Waals surface area contributed by atoms with Gasteiger partial charge in [0, 0.05) is 38.3 Å². The van der Waals surface area contributed by atoms with Gasteiger partial charge in [0.15, 0.2) is 0 Å². The number of carbonyl (C=O) groups is 5. The molecule has 0 bridgehead atoms. The van der Waals surface area contributed by atoms with Crippen molar-refractivity contribution in [3.8, 4) is 0 Å². The fourth-order valence-electron chi connectivity index (χ4n) is 4.07. The molecule has 0 spiro atoms. The van der Waals surface area contributed by atoms with Crippen molar-refractivity contribution < 1.29 is 33.4 Å². The molecule has 2 unspecified atom stereocenters. The molecule has 0 radical (unpaired) electrons. The first-order valence-electron chi connectivity index (χ1n) is 13.2. The van der Waals surface area contributed by atoms with Crippen LogP contribution in [-0.2, 0) is 41.6 Å². The van der Waals surface area contributed by atoms with Crippen LogP contribution in [0.3, 0.4) is 0 Å². The van der Waals surface area contributed by atoms with Crippen LogP contribution in [0.1, 0.15) is 69.4 Å². The molecule has 2 N–H and O–H groups in total. The molecule has 1 aliphatic rings. The minimum atomic E-state index is -0.487. The summed E-state index contributed by atoms with van der Waals surface area (Å²) in [5.41, 5.74) is 1.76. The average molecular weight is 517 g/mol. The molecular formula is C28H40N2O7. The molecule has 9 nitrogen and oxygen atoms in total. The molecule has 1 aromatic rings. The van der Waals surface area contributed by atoms with Crippen molar-refractivity contribution in [3.63, 3.8) is 0 Å². The molecule has 1 fully saturated rings. The maximum Gasteiger partial charge on any atom is 0.407 e. The SMILES string of the molecule is CC(C=O)CCCCNC(=O)OCCCOCC(=O)NCc1ccc(CC(=O)C2CCCCC2=O)cc1. The average Bonchev–Trinajstić information content (AvgIpc) is 2.90. The van der Waals surface area contributed by atoms with Crippen LogP contribution < -0.4 is 10.6 Å². The lowest BCUT2D eigenvalue weighted by Crippen LogP contribution is -2.28. The van der Waals surface area contributed by atoms with Crippen molar-refractivity contribution in [2.45, 2.75) is 71.3 Å². The molecular weight excluding hydrogens is 476 g/mol. The van der Waals surface area contributed by atoms with Gasteiger partial charge in [0.05, 0.1) is 19.1 Å². The maximum absolute atomic E-state index is 12.4. The van der Waals surface area contributed by atoms with Gasteiger partial charge in [0.25, 0.3) is 0 Å². The number of rotatable bonds is 17. The van der Waals surface area contributed by atoms with Gasteiger partial charge in [-0.2, -0.15) is 0 Å². The van der Waals surface area contributed by atoms with E-state index in [4.69, 9.17) is 9.47 Å².